The van der Waals surface area contributed by atoms with Crippen LogP contribution >= 0.6 is 0 Å². The summed E-state index contributed by atoms with van der Waals surface area (Å²) in [6.45, 7) is 7.36. The van der Waals surface area contributed by atoms with Crippen LogP contribution in [0.3, 0.4) is 0 Å². The molecule has 1 aliphatic rings. The van der Waals surface area contributed by atoms with Gasteiger partial charge in [-0.25, -0.2) is 9.59 Å². The monoisotopic (exact) mass is 260 g/mol. The van der Waals surface area contributed by atoms with Gasteiger partial charge in [-0.1, -0.05) is 20.8 Å². The van der Waals surface area contributed by atoms with E-state index in [0.717, 1.165) is 0 Å². The minimum Gasteiger partial charge on any atom is -0.467 e. The summed E-state index contributed by atoms with van der Waals surface area (Å²) in [7, 11) is 2.46. The highest BCUT2D eigenvalue weighted by Crippen LogP contribution is 2.42. The van der Waals surface area contributed by atoms with Crippen LogP contribution in [0.15, 0.2) is 0 Å². The molecule has 0 radical (unpaired) electrons. The molecule has 0 saturated carbocycles. The molecular formula is C12H20O6. The molecule has 1 saturated heterocycles. The van der Waals surface area contributed by atoms with Crippen LogP contribution in [-0.2, 0) is 28.5 Å². The number of esters is 2. The Hall–Kier alpha value is -1.14. The molecule has 6 nitrogen and oxygen atoms in total. The Morgan fingerprint density at radius 1 is 1.00 bits per heavy atom. The van der Waals surface area contributed by atoms with Crippen molar-refractivity contribution in [3.8, 4) is 0 Å². The summed E-state index contributed by atoms with van der Waals surface area (Å²) in [6, 6.07) is 0. The van der Waals surface area contributed by atoms with Crippen molar-refractivity contribution < 1.29 is 28.5 Å². The van der Waals surface area contributed by atoms with Gasteiger partial charge in [0.25, 0.3) is 0 Å². The highest BCUT2D eigenvalue weighted by Gasteiger charge is 2.57. The second-order valence-corrected chi connectivity index (χ2v) is 5.32. The van der Waals surface area contributed by atoms with Gasteiger partial charge in [-0.2, -0.15) is 0 Å². The van der Waals surface area contributed by atoms with E-state index < -0.39 is 35.3 Å². The van der Waals surface area contributed by atoms with Crippen LogP contribution in [0.25, 0.3) is 0 Å². The predicted octanol–water partition coefficient (Wildman–Crippen LogP) is 0.879. The molecule has 0 aromatic rings. The van der Waals surface area contributed by atoms with E-state index in [1.807, 2.05) is 20.8 Å². The predicted molar refractivity (Wildman–Crippen MR) is 61.6 cm³/mol. The lowest BCUT2D eigenvalue weighted by Gasteiger charge is -2.36. The lowest BCUT2D eigenvalue weighted by molar-refractivity contribution is -0.227. The molecule has 0 bridgehead atoms. The zero-order valence-corrected chi connectivity index (χ0v) is 11.6. The molecule has 1 fully saturated rings. The molecular weight excluding hydrogens is 240 g/mol. The van der Waals surface area contributed by atoms with Crippen molar-refractivity contribution in [3.63, 3.8) is 0 Å². The van der Waals surface area contributed by atoms with Gasteiger partial charge < -0.3 is 18.9 Å². The van der Waals surface area contributed by atoms with Gasteiger partial charge in [-0.05, 0) is 6.92 Å². The van der Waals surface area contributed by atoms with Gasteiger partial charge >= 0.3 is 11.9 Å². The largest absolute Gasteiger partial charge is 0.467 e. The van der Waals surface area contributed by atoms with E-state index in [-0.39, 0.29) is 0 Å². The lowest BCUT2D eigenvalue weighted by Crippen LogP contribution is -2.42. The maximum Gasteiger partial charge on any atom is 0.338 e. The number of carbonyl (C=O) groups excluding carboxylic acids is 2. The first-order chi connectivity index (χ1) is 8.16. The maximum absolute atomic E-state index is 11.6. The zero-order chi connectivity index (χ0) is 14.1. The van der Waals surface area contributed by atoms with Gasteiger partial charge in [0.2, 0.25) is 0 Å². The standard InChI is InChI=1S/C12H20O6/c1-11(2,3)12(4)17-7(9(13)15-5)8(18-12)10(14)16-6/h7-8H,1-6H3/t7-,8+,12?. The van der Waals surface area contributed by atoms with E-state index in [0.29, 0.717) is 0 Å². The molecule has 0 aromatic heterocycles. The summed E-state index contributed by atoms with van der Waals surface area (Å²) < 4.78 is 20.4. The van der Waals surface area contributed by atoms with Crippen LogP contribution in [0.2, 0.25) is 0 Å². The Balaban J connectivity index is 3.03. The molecule has 104 valence electrons. The summed E-state index contributed by atoms with van der Waals surface area (Å²) in [5.41, 5.74) is -0.415. The zero-order valence-electron chi connectivity index (χ0n) is 11.6. The smallest absolute Gasteiger partial charge is 0.338 e. The summed E-state index contributed by atoms with van der Waals surface area (Å²) >= 11 is 0. The first-order valence-electron chi connectivity index (χ1n) is 5.67. The molecule has 0 amide bonds. The third kappa shape index (κ3) is 2.49. The van der Waals surface area contributed by atoms with Crippen molar-refractivity contribution in [1.82, 2.24) is 0 Å². The first-order valence-corrected chi connectivity index (χ1v) is 5.67. The van der Waals surface area contributed by atoms with Crippen molar-refractivity contribution >= 4 is 11.9 Å². The number of rotatable bonds is 2. The van der Waals surface area contributed by atoms with Crippen LogP contribution in [0, 0.1) is 5.41 Å². The number of carbonyl (C=O) groups is 2. The van der Waals surface area contributed by atoms with Gasteiger partial charge in [0.05, 0.1) is 14.2 Å². The van der Waals surface area contributed by atoms with E-state index >= 15 is 0 Å². The van der Waals surface area contributed by atoms with Crippen molar-refractivity contribution in [2.24, 2.45) is 5.41 Å². The van der Waals surface area contributed by atoms with Crippen LogP contribution in [0.4, 0.5) is 0 Å². The van der Waals surface area contributed by atoms with E-state index in [1.54, 1.807) is 6.92 Å². The molecule has 0 spiro atoms. The molecule has 0 aromatic carbocycles. The highest BCUT2D eigenvalue weighted by atomic mass is 16.8. The quantitative estimate of drug-likeness (QED) is 0.686. The Labute approximate surface area is 107 Å². The van der Waals surface area contributed by atoms with Gasteiger partial charge in [-0.15, -0.1) is 0 Å². The molecule has 1 rings (SSSR count). The first kappa shape index (κ1) is 14.9. The number of methoxy groups -OCH3 is 2. The average Bonchev–Trinajstić information content (AvgIpc) is 2.66. The average molecular weight is 260 g/mol. The SMILES string of the molecule is COC(=O)[C@H]1OC(C)(C(C)(C)C)O[C@H]1C(=O)OC. The fourth-order valence-electron chi connectivity index (χ4n) is 1.57. The van der Waals surface area contributed by atoms with Crippen LogP contribution in [0.1, 0.15) is 27.7 Å². The van der Waals surface area contributed by atoms with Gasteiger partial charge in [0.15, 0.2) is 18.0 Å². The van der Waals surface area contributed by atoms with Crippen molar-refractivity contribution in [2.75, 3.05) is 14.2 Å². The molecule has 1 aliphatic heterocycles. The topological polar surface area (TPSA) is 71.1 Å². The summed E-state index contributed by atoms with van der Waals surface area (Å²) in [5.74, 6) is -2.37. The second-order valence-electron chi connectivity index (χ2n) is 5.32. The molecule has 1 heterocycles. The molecule has 0 N–H and O–H groups in total. The number of ether oxygens (including phenoxy) is 4. The molecule has 0 aliphatic carbocycles. The van der Waals surface area contributed by atoms with Gasteiger partial charge in [-0.3, -0.25) is 0 Å². The Morgan fingerprint density at radius 2 is 1.33 bits per heavy atom. The lowest BCUT2D eigenvalue weighted by atomic mass is 9.87. The van der Waals surface area contributed by atoms with Crippen molar-refractivity contribution in [1.29, 1.82) is 0 Å². The van der Waals surface area contributed by atoms with Crippen LogP contribution in [0.5, 0.6) is 0 Å². The molecule has 18 heavy (non-hydrogen) atoms. The number of hydrogen-bond donors (Lipinski definition) is 0. The van der Waals surface area contributed by atoms with Crippen LogP contribution in [-0.4, -0.2) is 44.2 Å². The van der Waals surface area contributed by atoms with Crippen molar-refractivity contribution in [2.45, 2.75) is 45.7 Å². The van der Waals surface area contributed by atoms with E-state index in [2.05, 4.69) is 9.47 Å². The minimum atomic E-state index is -1.10. The fraction of sp³-hybridized carbons (Fsp3) is 0.833. The highest BCUT2D eigenvalue weighted by molar-refractivity contribution is 5.86. The molecule has 6 heteroatoms. The molecule has 1 unspecified atom stereocenters. The van der Waals surface area contributed by atoms with Crippen molar-refractivity contribution in [3.05, 3.63) is 0 Å². The summed E-state index contributed by atoms with van der Waals surface area (Å²) in [5, 5.41) is 0. The number of hydrogen-bond acceptors (Lipinski definition) is 6. The van der Waals surface area contributed by atoms with Gasteiger partial charge in [0.1, 0.15) is 0 Å². The third-order valence-electron chi connectivity index (χ3n) is 3.21. The second kappa shape index (κ2) is 4.85. The Morgan fingerprint density at radius 3 is 1.56 bits per heavy atom. The Bertz CT molecular complexity index is 319. The third-order valence-corrected chi connectivity index (χ3v) is 3.21. The Kier molecular flexibility index (Phi) is 4.02. The van der Waals surface area contributed by atoms with E-state index in [9.17, 15) is 9.59 Å². The fourth-order valence-corrected chi connectivity index (χ4v) is 1.57. The maximum atomic E-state index is 11.6. The summed E-state index contributed by atoms with van der Waals surface area (Å²) in [6.07, 6.45) is -2.21. The van der Waals surface area contributed by atoms with Gasteiger partial charge in [0, 0.05) is 5.41 Å². The van der Waals surface area contributed by atoms with E-state index in [4.69, 9.17) is 9.47 Å². The normalized spacial score (nSPS) is 32.1. The minimum absolute atomic E-state index is 0.415. The molecule has 3 atom stereocenters. The van der Waals surface area contributed by atoms with E-state index in [1.165, 1.54) is 14.2 Å². The summed E-state index contributed by atoms with van der Waals surface area (Å²) in [4.78, 5) is 23.2. The van der Waals surface area contributed by atoms with Crippen LogP contribution < -0.4 is 0 Å².